The predicted molar refractivity (Wildman–Crippen MR) is 132 cm³/mol. The van der Waals surface area contributed by atoms with Crippen LogP contribution in [0.25, 0.3) is 11.0 Å². The summed E-state index contributed by atoms with van der Waals surface area (Å²) >= 11 is 0. The van der Waals surface area contributed by atoms with Gasteiger partial charge in [0.2, 0.25) is 5.91 Å². The molecular weight excluding hydrogens is 428 g/mol. The Morgan fingerprint density at radius 3 is 2.38 bits per heavy atom. The van der Waals surface area contributed by atoms with Crippen molar-refractivity contribution in [2.24, 2.45) is 7.05 Å². The first-order valence-corrected chi connectivity index (χ1v) is 12.8. The van der Waals surface area contributed by atoms with Gasteiger partial charge < -0.3 is 19.5 Å². The number of piperazine rings is 1. The van der Waals surface area contributed by atoms with Crippen LogP contribution in [-0.2, 0) is 17.3 Å². The molecule has 0 spiro atoms. The zero-order valence-corrected chi connectivity index (χ0v) is 21.2. The van der Waals surface area contributed by atoms with Crippen molar-refractivity contribution >= 4 is 22.8 Å². The van der Waals surface area contributed by atoms with Crippen molar-refractivity contribution in [2.75, 3.05) is 13.1 Å². The molecule has 0 unspecified atom stereocenters. The third-order valence-corrected chi connectivity index (χ3v) is 8.04. The molecule has 184 valence electrons. The molecular formula is C27H38N4O3. The van der Waals surface area contributed by atoms with Gasteiger partial charge in [-0.3, -0.25) is 9.59 Å². The van der Waals surface area contributed by atoms with Crippen molar-refractivity contribution in [3.8, 4) is 0 Å². The summed E-state index contributed by atoms with van der Waals surface area (Å²) in [6.45, 7) is 9.22. The number of amides is 2. The number of hydrogen-bond donors (Lipinski definition) is 1. The summed E-state index contributed by atoms with van der Waals surface area (Å²) in [5, 5.41) is 9.82. The second-order valence-corrected chi connectivity index (χ2v) is 11.7. The van der Waals surface area contributed by atoms with E-state index in [1.807, 2.05) is 23.4 Å². The molecule has 1 aliphatic heterocycles. The minimum atomic E-state index is -0.248. The lowest BCUT2D eigenvalue weighted by atomic mass is 9.84. The molecule has 1 aromatic carbocycles. The third kappa shape index (κ3) is 4.12. The normalized spacial score (nSPS) is 26.4. The zero-order valence-electron chi connectivity index (χ0n) is 21.2. The average molecular weight is 467 g/mol. The number of aryl methyl sites for hydroxylation is 1. The van der Waals surface area contributed by atoms with Crippen molar-refractivity contribution in [3.63, 3.8) is 0 Å². The molecule has 2 aliphatic carbocycles. The second-order valence-electron chi connectivity index (χ2n) is 11.7. The molecule has 2 saturated carbocycles. The summed E-state index contributed by atoms with van der Waals surface area (Å²) < 4.78 is 1.92. The van der Waals surface area contributed by atoms with Crippen LogP contribution in [0.15, 0.2) is 12.1 Å². The van der Waals surface area contributed by atoms with E-state index in [9.17, 15) is 14.7 Å². The molecule has 7 nitrogen and oxygen atoms in total. The molecule has 34 heavy (non-hydrogen) atoms. The minimum absolute atomic E-state index is 0.00185. The summed E-state index contributed by atoms with van der Waals surface area (Å²) in [7, 11) is 1.92. The molecule has 1 N–H and O–H groups in total. The maximum absolute atomic E-state index is 13.7. The van der Waals surface area contributed by atoms with Gasteiger partial charge in [0.15, 0.2) is 5.82 Å². The lowest BCUT2D eigenvalue weighted by Gasteiger charge is -2.44. The predicted octanol–water partition coefficient (Wildman–Crippen LogP) is 3.72. The van der Waals surface area contributed by atoms with Crippen LogP contribution in [-0.4, -0.2) is 67.5 Å². The van der Waals surface area contributed by atoms with Crippen LogP contribution in [0.5, 0.6) is 0 Å². The molecule has 0 bridgehead atoms. The van der Waals surface area contributed by atoms with Crippen LogP contribution in [0.4, 0.5) is 0 Å². The van der Waals surface area contributed by atoms with Gasteiger partial charge in [-0.05, 0) is 74.0 Å². The van der Waals surface area contributed by atoms with Gasteiger partial charge in [0.05, 0.1) is 17.1 Å². The fourth-order valence-corrected chi connectivity index (χ4v) is 5.72. The van der Waals surface area contributed by atoms with Crippen LogP contribution in [0.3, 0.4) is 0 Å². The molecule has 3 fully saturated rings. The van der Waals surface area contributed by atoms with Crippen LogP contribution >= 0.6 is 0 Å². The highest BCUT2D eigenvalue weighted by Gasteiger charge is 2.39. The van der Waals surface area contributed by atoms with Crippen LogP contribution in [0, 0.1) is 0 Å². The monoisotopic (exact) mass is 466 g/mol. The fourth-order valence-electron chi connectivity index (χ4n) is 5.72. The number of aliphatic hydroxyl groups is 1. The third-order valence-electron chi connectivity index (χ3n) is 8.04. The number of imidazole rings is 1. The molecule has 7 heteroatoms. The lowest BCUT2D eigenvalue weighted by molar-refractivity contribution is -0.141. The van der Waals surface area contributed by atoms with Gasteiger partial charge in [0.1, 0.15) is 6.54 Å². The maximum Gasteiger partial charge on any atom is 0.290 e. The van der Waals surface area contributed by atoms with E-state index >= 15 is 0 Å². The molecule has 2 heterocycles. The first-order chi connectivity index (χ1) is 16.0. The zero-order chi connectivity index (χ0) is 24.4. The number of nitrogens with zero attached hydrogens (tertiary/aromatic N) is 4. The highest BCUT2D eigenvalue weighted by atomic mass is 16.3. The van der Waals surface area contributed by atoms with Crippen LogP contribution in [0.2, 0.25) is 0 Å². The Balaban J connectivity index is 1.43. The van der Waals surface area contributed by atoms with Gasteiger partial charge in [0, 0.05) is 25.7 Å². The van der Waals surface area contributed by atoms with Gasteiger partial charge in [-0.25, -0.2) is 4.98 Å². The first-order valence-electron chi connectivity index (χ1n) is 12.8. The van der Waals surface area contributed by atoms with E-state index in [1.165, 1.54) is 24.0 Å². The Hall–Kier alpha value is -2.41. The number of hydrogen-bond acceptors (Lipinski definition) is 4. The lowest BCUT2D eigenvalue weighted by Crippen LogP contribution is -2.60. The number of aliphatic hydroxyl groups excluding tert-OH is 1. The molecule has 2 amide bonds. The average Bonchev–Trinajstić information content (AvgIpc) is 3.58. The number of benzene rings is 1. The summed E-state index contributed by atoms with van der Waals surface area (Å²) in [5.74, 6) is 0.845. The van der Waals surface area contributed by atoms with E-state index < -0.39 is 0 Å². The largest absolute Gasteiger partial charge is 0.393 e. The van der Waals surface area contributed by atoms with Crippen molar-refractivity contribution in [1.29, 1.82) is 0 Å². The number of fused-ring (bicyclic) bond motifs is 1. The molecule has 1 aromatic heterocycles. The van der Waals surface area contributed by atoms with Gasteiger partial charge in [-0.2, -0.15) is 0 Å². The van der Waals surface area contributed by atoms with E-state index in [4.69, 9.17) is 4.98 Å². The van der Waals surface area contributed by atoms with Crippen molar-refractivity contribution in [1.82, 2.24) is 19.4 Å². The number of aromatic nitrogens is 2. The molecule has 1 atom stereocenters. The topological polar surface area (TPSA) is 78.7 Å². The standard InChI is InChI=1S/C27H38N4O3/c1-16-14-31(19-8-10-20(32)11-9-19)23(33)15-30(16)26(34)25-28-24-21(27(2,3)4)12-18(17-6-7-17)13-22(24)29(25)5/h12-13,16-17,19-20,32H,6-11,14-15H2,1-5H3/t16-,19-,20-/m1/s1. The maximum atomic E-state index is 13.7. The number of carbonyl (C=O) groups is 2. The Bertz CT molecular complexity index is 1120. The SMILES string of the molecule is C[C@@H]1CN([C@H]2CC[C@H](O)CC2)C(=O)CN1C(=O)c1nc2c(C(C)(C)C)cc(C3CC3)cc2n1C. The molecule has 1 saturated heterocycles. The Kier molecular flexibility index (Phi) is 5.74. The summed E-state index contributed by atoms with van der Waals surface area (Å²) in [6.07, 6.45) is 5.34. The van der Waals surface area contributed by atoms with E-state index in [2.05, 4.69) is 32.9 Å². The molecule has 2 aromatic rings. The second kappa shape index (κ2) is 8.36. The van der Waals surface area contributed by atoms with Crippen LogP contribution < -0.4 is 0 Å². The molecule has 5 rings (SSSR count). The van der Waals surface area contributed by atoms with Crippen molar-refractivity contribution < 1.29 is 14.7 Å². The fraction of sp³-hybridized carbons (Fsp3) is 0.667. The van der Waals surface area contributed by atoms with Gasteiger partial charge >= 0.3 is 0 Å². The van der Waals surface area contributed by atoms with E-state index in [0.717, 1.165) is 36.7 Å². The first kappa shape index (κ1) is 23.3. The van der Waals surface area contributed by atoms with Gasteiger partial charge in [0.25, 0.3) is 5.91 Å². The smallest absolute Gasteiger partial charge is 0.290 e. The molecule has 3 aliphatic rings. The van der Waals surface area contributed by atoms with E-state index in [1.54, 1.807) is 4.90 Å². The van der Waals surface area contributed by atoms with Gasteiger partial charge in [-0.15, -0.1) is 0 Å². The molecule has 0 radical (unpaired) electrons. The Morgan fingerprint density at radius 2 is 1.76 bits per heavy atom. The highest BCUT2D eigenvalue weighted by Crippen LogP contribution is 2.43. The highest BCUT2D eigenvalue weighted by molar-refractivity contribution is 5.98. The number of carbonyl (C=O) groups excluding carboxylic acids is 2. The quantitative estimate of drug-likeness (QED) is 0.748. The van der Waals surface area contributed by atoms with Gasteiger partial charge in [-0.1, -0.05) is 26.8 Å². The summed E-state index contributed by atoms with van der Waals surface area (Å²) in [6, 6.07) is 4.58. The Morgan fingerprint density at radius 1 is 1.09 bits per heavy atom. The minimum Gasteiger partial charge on any atom is -0.393 e. The Labute approximate surface area is 202 Å². The van der Waals surface area contributed by atoms with Crippen molar-refractivity contribution in [2.45, 2.75) is 95.7 Å². The van der Waals surface area contributed by atoms with E-state index in [-0.39, 0.29) is 42.0 Å². The summed E-state index contributed by atoms with van der Waals surface area (Å²) in [4.78, 5) is 35.3. The summed E-state index contributed by atoms with van der Waals surface area (Å²) in [5.41, 5.74) is 4.32. The van der Waals surface area contributed by atoms with Crippen LogP contribution in [0.1, 0.15) is 93.9 Å². The van der Waals surface area contributed by atoms with Crippen molar-refractivity contribution in [3.05, 3.63) is 29.1 Å². The van der Waals surface area contributed by atoms with E-state index in [0.29, 0.717) is 18.3 Å². The number of rotatable bonds is 3.